The molecule has 0 unspecified atom stereocenters. The fraction of sp³-hybridized carbons (Fsp3) is 0.200. The molecule has 0 aliphatic heterocycles. The molecular formula is C15H14N4O5. The van der Waals surface area contributed by atoms with Crippen LogP contribution in [0, 0.1) is 21.4 Å². The zero-order chi connectivity index (χ0) is 17.9. The molecule has 9 nitrogen and oxygen atoms in total. The maximum atomic E-state index is 12.0. The number of nitriles is 1. The molecule has 0 bridgehead atoms. The van der Waals surface area contributed by atoms with Crippen molar-refractivity contribution in [3.05, 3.63) is 45.8 Å². The highest BCUT2D eigenvalue weighted by atomic mass is 16.6. The minimum Gasteiger partial charge on any atom is -0.487 e. The number of aromatic nitrogens is 1. The van der Waals surface area contributed by atoms with E-state index >= 15 is 0 Å². The molecule has 0 aliphatic rings. The highest BCUT2D eigenvalue weighted by Gasteiger charge is 2.24. The van der Waals surface area contributed by atoms with E-state index in [4.69, 9.17) is 15.7 Å². The standard InChI is InChI=1S/C15H14N4O5/c1-3-24-12-5-4-10(6-11(12)19(21)22)18-8-9(7-16)13(17)14(18)15(20)23-2/h4-6,8H,3,17H2,1-2H3. The molecule has 2 aromatic rings. The first-order chi connectivity index (χ1) is 11.4. The zero-order valence-corrected chi connectivity index (χ0v) is 13.0. The Balaban J connectivity index is 2.68. The Morgan fingerprint density at radius 3 is 2.75 bits per heavy atom. The Labute approximate surface area is 137 Å². The van der Waals surface area contributed by atoms with Crippen LogP contribution in [0.1, 0.15) is 23.0 Å². The number of nitrogens with two attached hydrogens (primary N) is 1. The molecule has 0 saturated heterocycles. The molecule has 1 heterocycles. The minimum atomic E-state index is -0.759. The summed E-state index contributed by atoms with van der Waals surface area (Å²) in [4.78, 5) is 22.6. The van der Waals surface area contributed by atoms with E-state index in [0.717, 1.165) is 0 Å². The molecule has 1 aromatic carbocycles. The number of ether oxygens (including phenoxy) is 2. The quantitative estimate of drug-likeness (QED) is 0.503. The van der Waals surface area contributed by atoms with Crippen LogP contribution in [0.25, 0.3) is 5.69 Å². The van der Waals surface area contributed by atoms with Crippen molar-refractivity contribution in [3.63, 3.8) is 0 Å². The van der Waals surface area contributed by atoms with E-state index in [0.29, 0.717) is 0 Å². The lowest BCUT2D eigenvalue weighted by atomic mass is 10.2. The van der Waals surface area contributed by atoms with Crippen molar-refractivity contribution >= 4 is 17.3 Å². The van der Waals surface area contributed by atoms with Crippen LogP contribution in [0.2, 0.25) is 0 Å². The van der Waals surface area contributed by atoms with Crippen LogP contribution in [-0.4, -0.2) is 29.2 Å². The van der Waals surface area contributed by atoms with Gasteiger partial charge in [0.25, 0.3) is 0 Å². The second-order valence-electron chi connectivity index (χ2n) is 4.62. The minimum absolute atomic E-state index is 0.0547. The molecule has 1 aromatic heterocycles. The Morgan fingerprint density at radius 2 is 2.21 bits per heavy atom. The lowest BCUT2D eigenvalue weighted by Gasteiger charge is -2.10. The van der Waals surface area contributed by atoms with Gasteiger partial charge in [0.1, 0.15) is 6.07 Å². The van der Waals surface area contributed by atoms with Gasteiger partial charge in [0.15, 0.2) is 11.4 Å². The summed E-state index contributed by atoms with van der Waals surface area (Å²) in [6.45, 7) is 1.97. The molecule has 0 radical (unpaired) electrons. The normalized spacial score (nSPS) is 10.0. The summed E-state index contributed by atoms with van der Waals surface area (Å²) < 4.78 is 11.2. The third kappa shape index (κ3) is 2.85. The van der Waals surface area contributed by atoms with Gasteiger partial charge in [-0.25, -0.2) is 4.79 Å². The van der Waals surface area contributed by atoms with Crippen LogP contribution >= 0.6 is 0 Å². The predicted octanol–water partition coefficient (Wildman–Crippen LogP) is 2.02. The smallest absolute Gasteiger partial charge is 0.357 e. The number of hydrogen-bond acceptors (Lipinski definition) is 7. The number of nitro benzene ring substituents is 1. The maximum Gasteiger partial charge on any atom is 0.357 e. The summed E-state index contributed by atoms with van der Waals surface area (Å²) in [7, 11) is 1.17. The molecule has 2 N–H and O–H groups in total. The van der Waals surface area contributed by atoms with Crippen molar-refractivity contribution in [3.8, 4) is 17.5 Å². The number of anilines is 1. The van der Waals surface area contributed by atoms with Crippen LogP contribution < -0.4 is 10.5 Å². The van der Waals surface area contributed by atoms with E-state index in [2.05, 4.69) is 4.74 Å². The van der Waals surface area contributed by atoms with Crippen LogP contribution in [0.4, 0.5) is 11.4 Å². The lowest BCUT2D eigenvalue weighted by Crippen LogP contribution is -2.11. The first kappa shape index (κ1) is 16.8. The number of nitro groups is 1. The maximum absolute atomic E-state index is 12.0. The zero-order valence-electron chi connectivity index (χ0n) is 13.0. The number of nitrogens with zero attached hydrogens (tertiary/aromatic N) is 3. The molecule has 9 heteroatoms. The largest absolute Gasteiger partial charge is 0.487 e. The number of carbonyl (C=O) groups excluding carboxylic acids is 1. The summed E-state index contributed by atoms with van der Waals surface area (Å²) in [6.07, 6.45) is 1.32. The van der Waals surface area contributed by atoms with Gasteiger partial charge in [-0.3, -0.25) is 10.1 Å². The topological polar surface area (TPSA) is 133 Å². The molecule has 24 heavy (non-hydrogen) atoms. The van der Waals surface area contributed by atoms with E-state index in [-0.39, 0.29) is 40.7 Å². The van der Waals surface area contributed by atoms with Crippen LogP contribution in [0.5, 0.6) is 5.75 Å². The van der Waals surface area contributed by atoms with E-state index in [9.17, 15) is 14.9 Å². The van der Waals surface area contributed by atoms with Crippen LogP contribution in [0.15, 0.2) is 24.4 Å². The first-order valence-electron chi connectivity index (χ1n) is 6.85. The van der Waals surface area contributed by atoms with Crippen molar-refractivity contribution in [1.29, 1.82) is 5.26 Å². The van der Waals surface area contributed by atoms with Gasteiger partial charge in [0, 0.05) is 12.3 Å². The Kier molecular flexibility index (Phi) is 4.70. The van der Waals surface area contributed by atoms with Gasteiger partial charge in [-0.2, -0.15) is 5.26 Å². The van der Waals surface area contributed by atoms with Crippen LogP contribution in [-0.2, 0) is 4.74 Å². The summed E-state index contributed by atoms with van der Waals surface area (Å²) in [5.41, 5.74) is 5.74. The van der Waals surface area contributed by atoms with Crippen molar-refractivity contribution in [2.45, 2.75) is 6.92 Å². The third-order valence-corrected chi connectivity index (χ3v) is 3.26. The molecule has 2 rings (SSSR count). The molecule has 124 valence electrons. The van der Waals surface area contributed by atoms with E-state index in [1.165, 1.54) is 36.1 Å². The number of methoxy groups -OCH3 is 1. The Morgan fingerprint density at radius 1 is 1.50 bits per heavy atom. The van der Waals surface area contributed by atoms with Gasteiger partial charge in [0.2, 0.25) is 0 Å². The van der Waals surface area contributed by atoms with Crippen molar-refractivity contribution < 1.29 is 19.2 Å². The summed E-state index contributed by atoms with van der Waals surface area (Å²) in [5, 5.41) is 20.3. The van der Waals surface area contributed by atoms with Gasteiger partial charge in [-0.1, -0.05) is 0 Å². The van der Waals surface area contributed by atoms with E-state index in [1.807, 2.05) is 6.07 Å². The average molecular weight is 330 g/mol. The molecule has 0 fully saturated rings. The summed E-state index contributed by atoms with van der Waals surface area (Å²) in [6, 6.07) is 6.03. The predicted molar refractivity (Wildman–Crippen MR) is 84.1 cm³/mol. The second kappa shape index (κ2) is 6.70. The fourth-order valence-electron chi connectivity index (χ4n) is 2.19. The van der Waals surface area contributed by atoms with Gasteiger partial charge >= 0.3 is 11.7 Å². The van der Waals surface area contributed by atoms with Gasteiger partial charge < -0.3 is 19.8 Å². The fourth-order valence-corrected chi connectivity index (χ4v) is 2.19. The molecular weight excluding hydrogens is 316 g/mol. The third-order valence-electron chi connectivity index (χ3n) is 3.26. The number of rotatable bonds is 5. The number of benzene rings is 1. The molecule has 0 spiro atoms. The molecule has 0 aliphatic carbocycles. The van der Waals surface area contributed by atoms with Crippen molar-refractivity contribution in [2.75, 3.05) is 19.5 Å². The van der Waals surface area contributed by atoms with E-state index < -0.39 is 10.9 Å². The van der Waals surface area contributed by atoms with Gasteiger partial charge in [-0.15, -0.1) is 0 Å². The number of esters is 1. The summed E-state index contributed by atoms with van der Waals surface area (Å²) >= 11 is 0. The summed E-state index contributed by atoms with van der Waals surface area (Å²) in [5.74, 6) is -0.656. The average Bonchev–Trinajstić information content (AvgIpc) is 2.91. The highest BCUT2D eigenvalue weighted by molar-refractivity contribution is 5.96. The molecule has 0 saturated carbocycles. The van der Waals surface area contributed by atoms with E-state index in [1.54, 1.807) is 6.92 Å². The van der Waals surface area contributed by atoms with Gasteiger partial charge in [0.05, 0.1) is 35.6 Å². The number of carbonyl (C=O) groups is 1. The Bertz CT molecular complexity index is 850. The van der Waals surface area contributed by atoms with Crippen molar-refractivity contribution in [1.82, 2.24) is 4.57 Å². The van der Waals surface area contributed by atoms with Gasteiger partial charge in [-0.05, 0) is 19.1 Å². The second-order valence-corrected chi connectivity index (χ2v) is 4.62. The monoisotopic (exact) mass is 330 g/mol. The highest BCUT2D eigenvalue weighted by Crippen LogP contribution is 2.32. The SMILES string of the molecule is CCOc1ccc(-n2cc(C#N)c(N)c2C(=O)OC)cc1[N+](=O)[O-]. The van der Waals surface area contributed by atoms with Crippen molar-refractivity contribution in [2.24, 2.45) is 0 Å². The molecule has 0 atom stereocenters. The molecule has 0 amide bonds. The van der Waals surface area contributed by atoms with Crippen LogP contribution in [0.3, 0.4) is 0 Å². The lowest BCUT2D eigenvalue weighted by molar-refractivity contribution is -0.385. The number of nitrogen functional groups attached to an aromatic ring is 1. The Hall–Kier alpha value is -3.54. The first-order valence-corrected chi connectivity index (χ1v) is 6.85. The number of hydrogen-bond donors (Lipinski definition) is 1.